The summed E-state index contributed by atoms with van der Waals surface area (Å²) in [4.78, 5) is 24.0. The molecule has 0 spiro atoms. The maximum Gasteiger partial charge on any atom is 0.343 e. The second-order valence-corrected chi connectivity index (χ2v) is 4.19. The number of hydrogen-bond donors (Lipinski definition) is 1. The molecular weight excluding hydrogens is 262 g/mol. The van der Waals surface area contributed by atoms with Crippen molar-refractivity contribution >= 4 is 17.7 Å². The molecule has 0 saturated heterocycles. The molecule has 0 fully saturated rings. The third kappa shape index (κ3) is 2.27. The highest BCUT2D eigenvalue weighted by Gasteiger charge is 2.24. The maximum atomic E-state index is 12.2. The zero-order chi connectivity index (χ0) is 14.9. The van der Waals surface area contributed by atoms with Crippen molar-refractivity contribution in [3.8, 4) is 0 Å². The van der Waals surface area contributed by atoms with Gasteiger partial charge in [-0.05, 0) is 13.8 Å². The number of nitrogen functional groups attached to an aromatic ring is 1. The summed E-state index contributed by atoms with van der Waals surface area (Å²) >= 11 is 0. The number of ether oxygens (including phenoxy) is 1. The van der Waals surface area contributed by atoms with E-state index in [4.69, 9.17) is 10.5 Å². The molecule has 0 aliphatic carbocycles. The highest BCUT2D eigenvalue weighted by molar-refractivity contribution is 6.01. The Morgan fingerprint density at radius 2 is 2.15 bits per heavy atom. The van der Waals surface area contributed by atoms with Crippen LogP contribution >= 0.6 is 0 Å². The summed E-state index contributed by atoms with van der Waals surface area (Å²) in [5, 5.41) is 7.91. The summed E-state index contributed by atoms with van der Waals surface area (Å²) in [5.41, 5.74) is 6.62. The Hall–Kier alpha value is -2.64. The zero-order valence-corrected chi connectivity index (χ0v) is 11.5. The first-order valence-electron chi connectivity index (χ1n) is 6.01. The molecule has 0 aromatic carbocycles. The number of hydrogen-bond acceptors (Lipinski definition) is 6. The minimum absolute atomic E-state index is 0.0326. The number of nitrogens with two attached hydrogens (primary N) is 1. The van der Waals surface area contributed by atoms with Crippen molar-refractivity contribution in [2.24, 2.45) is 7.05 Å². The fraction of sp³-hybridized carbons (Fsp3) is 0.333. The average Bonchev–Trinajstić information content (AvgIpc) is 2.93. The molecule has 106 valence electrons. The summed E-state index contributed by atoms with van der Waals surface area (Å²) in [6, 6.07) is 0. The van der Waals surface area contributed by atoms with Crippen molar-refractivity contribution in [1.29, 1.82) is 0 Å². The van der Waals surface area contributed by atoms with Gasteiger partial charge in [-0.25, -0.2) is 4.79 Å². The normalized spacial score (nSPS) is 10.6. The van der Waals surface area contributed by atoms with Gasteiger partial charge < -0.3 is 10.5 Å². The van der Waals surface area contributed by atoms with E-state index >= 15 is 0 Å². The van der Waals surface area contributed by atoms with Gasteiger partial charge in [0.15, 0.2) is 0 Å². The number of aromatic nitrogens is 4. The first kappa shape index (κ1) is 13.8. The molecule has 2 rings (SSSR count). The van der Waals surface area contributed by atoms with Gasteiger partial charge in [0.05, 0.1) is 24.1 Å². The van der Waals surface area contributed by atoms with E-state index in [1.165, 1.54) is 10.9 Å². The monoisotopic (exact) mass is 277 g/mol. The fourth-order valence-corrected chi connectivity index (χ4v) is 1.81. The molecule has 8 nitrogen and oxygen atoms in total. The Morgan fingerprint density at radius 3 is 2.70 bits per heavy atom. The van der Waals surface area contributed by atoms with Crippen molar-refractivity contribution < 1.29 is 14.3 Å². The van der Waals surface area contributed by atoms with Gasteiger partial charge in [0, 0.05) is 13.2 Å². The van der Waals surface area contributed by atoms with E-state index in [0.717, 1.165) is 4.68 Å². The molecule has 20 heavy (non-hydrogen) atoms. The largest absolute Gasteiger partial charge is 0.462 e. The van der Waals surface area contributed by atoms with Gasteiger partial charge in [0.25, 0.3) is 5.91 Å². The van der Waals surface area contributed by atoms with Gasteiger partial charge in [-0.2, -0.15) is 14.9 Å². The Balaban J connectivity index is 2.42. The Morgan fingerprint density at radius 1 is 1.45 bits per heavy atom. The molecule has 2 aromatic rings. The van der Waals surface area contributed by atoms with Gasteiger partial charge in [-0.3, -0.25) is 9.48 Å². The minimum atomic E-state index is -0.590. The van der Waals surface area contributed by atoms with Crippen LogP contribution in [0.15, 0.2) is 12.4 Å². The van der Waals surface area contributed by atoms with Crippen LogP contribution in [0, 0.1) is 6.92 Å². The van der Waals surface area contributed by atoms with E-state index in [1.54, 1.807) is 27.1 Å². The lowest BCUT2D eigenvalue weighted by Gasteiger charge is -2.02. The summed E-state index contributed by atoms with van der Waals surface area (Å²) in [6.07, 6.45) is 2.95. The third-order valence-corrected chi connectivity index (χ3v) is 2.72. The third-order valence-electron chi connectivity index (χ3n) is 2.72. The van der Waals surface area contributed by atoms with Crippen molar-refractivity contribution in [1.82, 2.24) is 19.6 Å². The number of esters is 1. The smallest absolute Gasteiger partial charge is 0.343 e. The topological polar surface area (TPSA) is 105 Å². The summed E-state index contributed by atoms with van der Waals surface area (Å²) in [7, 11) is 1.69. The van der Waals surface area contributed by atoms with Gasteiger partial charge >= 0.3 is 5.97 Å². The molecule has 0 unspecified atom stereocenters. The van der Waals surface area contributed by atoms with Gasteiger partial charge in [0.1, 0.15) is 11.4 Å². The average molecular weight is 277 g/mol. The van der Waals surface area contributed by atoms with E-state index in [2.05, 4.69) is 10.2 Å². The van der Waals surface area contributed by atoms with Crippen molar-refractivity contribution in [3.05, 3.63) is 29.2 Å². The molecule has 0 amide bonds. The fourth-order valence-electron chi connectivity index (χ4n) is 1.81. The van der Waals surface area contributed by atoms with Gasteiger partial charge in [0.2, 0.25) is 0 Å². The van der Waals surface area contributed by atoms with E-state index in [9.17, 15) is 9.59 Å². The maximum absolute atomic E-state index is 12.2. The SMILES string of the molecule is CCOC(=O)c1c(C)nn(C(=O)c2cnn(C)c2)c1N. The minimum Gasteiger partial charge on any atom is -0.462 e. The Bertz CT molecular complexity index is 671. The lowest BCUT2D eigenvalue weighted by Crippen LogP contribution is -2.17. The quantitative estimate of drug-likeness (QED) is 0.813. The summed E-state index contributed by atoms with van der Waals surface area (Å²) < 4.78 is 7.37. The standard InChI is InChI=1S/C12H15N5O3/c1-4-20-12(19)9-7(2)15-17(10(9)13)11(18)8-5-14-16(3)6-8/h5-6H,4,13H2,1-3H3. The number of rotatable bonds is 3. The summed E-state index contributed by atoms with van der Waals surface area (Å²) in [6.45, 7) is 3.50. The number of aryl methyl sites for hydroxylation is 2. The van der Waals surface area contributed by atoms with Crippen LogP contribution in [0.4, 0.5) is 5.82 Å². The molecule has 0 aliphatic rings. The first-order chi connectivity index (χ1) is 9.45. The number of anilines is 1. The van der Waals surface area contributed by atoms with E-state index in [-0.39, 0.29) is 18.0 Å². The van der Waals surface area contributed by atoms with Crippen LogP contribution in [0.25, 0.3) is 0 Å². The van der Waals surface area contributed by atoms with E-state index in [1.807, 2.05) is 0 Å². The van der Waals surface area contributed by atoms with Crippen molar-refractivity contribution in [2.75, 3.05) is 12.3 Å². The Labute approximate surface area is 115 Å². The van der Waals surface area contributed by atoms with Crippen molar-refractivity contribution in [3.63, 3.8) is 0 Å². The predicted octanol–water partition coefficient (Wildman–Crippen LogP) is 0.372. The number of carbonyl (C=O) groups excluding carboxylic acids is 2. The van der Waals surface area contributed by atoms with E-state index in [0.29, 0.717) is 11.3 Å². The van der Waals surface area contributed by atoms with Gasteiger partial charge in [-0.15, -0.1) is 0 Å². The molecule has 2 N–H and O–H groups in total. The van der Waals surface area contributed by atoms with Crippen LogP contribution in [-0.2, 0) is 11.8 Å². The van der Waals surface area contributed by atoms with E-state index < -0.39 is 11.9 Å². The highest BCUT2D eigenvalue weighted by atomic mass is 16.5. The van der Waals surface area contributed by atoms with Crippen LogP contribution in [-0.4, -0.2) is 38.0 Å². The molecular formula is C12H15N5O3. The summed E-state index contributed by atoms with van der Waals surface area (Å²) in [5.74, 6) is -1.07. The number of carbonyl (C=O) groups is 2. The zero-order valence-electron chi connectivity index (χ0n) is 11.5. The molecule has 0 aliphatic heterocycles. The van der Waals surface area contributed by atoms with Crippen LogP contribution in [0.5, 0.6) is 0 Å². The molecule has 0 radical (unpaired) electrons. The second-order valence-electron chi connectivity index (χ2n) is 4.19. The molecule has 8 heteroatoms. The Kier molecular flexibility index (Phi) is 3.55. The molecule has 0 bridgehead atoms. The lowest BCUT2D eigenvalue weighted by molar-refractivity contribution is 0.0527. The van der Waals surface area contributed by atoms with Crippen LogP contribution in [0.2, 0.25) is 0 Å². The van der Waals surface area contributed by atoms with Crippen LogP contribution < -0.4 is 5.73 Å². The first-order valence-corrected chi connectivity index (χ1v) is 6.01. The predicted molar refractivity (Wildman–Crippen MR) is 70.3 cm³/mol. The molecule has 2 aromatic heterocycles. The van der Waals surface area contributed by atoms with Gasteiger partial charge in [-0.1, -0.05) is 0 Å². The highest BCUT2D eigenvalue weighted by Crippen LogP contribution is 2.18. The molecule has 0 atom stereocenters. The number of nitrogens with zero attached hydrogens (tertiary/aromatic N) is 4. The lowest BCUT2D eigenvalue weighted by atomic mass is 10.2. The van der Waals surface area contributed by atoms with Crippen LogP contribution in [0.1, 0.15) is 33.3 Å². The molecule has 0 saturated carbocycles. The van der Waals surface area contributed by atoms with Crippen LogP contribution in [0.3, 0.4) is 0 Å². The molecule has 2 heterocycles. The second kappa shape index (κ2) is 5.16. The van der Waals surface area contributed by atoms with Crippen molar-refractivity contribution in [2.45, 2.75) is 13.8 Å².